The van der Waals surface area contributed by atoms with E-state index in [1.54, 1.807) is 0 Å². The molecule has 0 saturated heterocycles. The number of hydrogen-bond acceptors (Lipinski definition) is 0. The number of alkyl halides is 1. The monoisotopic (exact) mass is 266 g/mol. The van der Waals surface area contributed by atoms with E-state index in [2.05, 4.69) is 61.8 Å². The lowest BCUT2D eigenvalue weighted by Gasteiger charge is -2.13. The maximum Gasteiger partial charge on any atom is 0.0428 e. The molecule has 1 heteroatoms. The normalized spacial score (nSPS) is 25.0. The lowest BCUT2D eigenvalue weighted by Crippen LogP contribution is -1.99. The minimum atomic E-state index is 0.534. The van der Waals surface area contributed by atoms with Crippen LogP contribution in [0.1, 0.15) is 41.8 Å². The molecular weight excluding hydrogens is 248 g/mol. The Bertz CT molecular complexity index is 379. The molecule has 0 radical (unpaired) electrons. The van der Waals surface area contributed by atoms with Crippen molar-refractivity contribution in [2.24, 2.45) is 11.3 Å². The molecule has 0 bridgehead atoms. The zero-order valence-corrected chi connectivity index (χ0v) is 11.6. The lowest BCUT2D eigenvalue weighted by molar-refractivity contribution is 0.555. The molecule has 2 rings (SSSR count). The standard InChI is InChI=1S/C14H19Br/c1-9-5-6-11(7-10(9)2)13(15)12-8-14(12,3)4/h5-7,12-13H,8H2,1-4H3. The molecular formula is C14H19Br. The van der Waals surface area contributed by atoms with Crippen LogP contribution in [0.4, 0.5) is 0 Å². The van der Waals surface area contributed by atoms with Gasteiger partial charge in [0.25, 0.3) is 0 Å². The Morgan fingerprint density at radius 2 is 1.87 bits per heavy atom. The van der Waals surface area contributed by atoms with Crippen LogP contribution in [0.25, 0.3) is 0 Å². The second-order valence-corrected chi connectivity index (χ2v) is 6.53. The van der Waals surface area contributed by atoms with Crippen LogP contribution in [-0.2, 0) is 0 Å². The van der Waals surface area contributed by atoms with Gasteiger partial charge in [-0.25, -0.2) is 0 Å². The second-order valence-electron chi connectivity index (χ2n) is 5.54. The molecule has 15 heavy (non-hydrogen) atoms. The van der Waals surface area contributed by atoms with Crippen LogP contribution in [0, 0.1) is 25.2 Å². The fourth-order valence-electron chi connectivity index (χ4n) is 2.18. The van der Waals surface area contributed by atoms with Gasteiger partial charge in [-0.1, -0.05) is 48.0 Å². The van der Waals surface area contributed by atoms with Crippen molar-refractivity contribution in [1.82, 2.24) is 0 Å². The van der Waals surface area contributed by atoms with E-state index in [-0.39, 0.29) is 0 Å². The van der Waals surface area contributed by atoms with E-state index in [0.717, 1.165) is 5.92 Å². The Labute approximate surface area is 101 Å². The van der Waals surface area contributed by atoms with Crippen LogP contribution in [0.5, 0.6) is 0 Å². The number of aryl methyl sites for hydroxylation is 2. The van der Waals surface area contributed by atoms with Crippen LogP contribution in [0.15, 0.2) is 18.2 Å². The maximum atomic E-state index is 3.85. The third kappa shape index (κ3) is 2.13. The molecule has 0 N–H and O–H groups in total. The molecule has 0 aliphatic heterocycles. The van der Waals surface area contributed by atoms with Crippen LogP contribution in [-0.4, -0.2) is 0 Å². The first-order valence-electron chi connectivity index (χ1n) is 5.63. The molecule has 0 nitrogen and oxygen atoms in total. The highest BCUT2D eigenvalue weighted by Gasteiger charge is 2.49. The fraction of sp³-hybridized carbons (Fsp3) is 0.571. The molecule has 2 unspecified atom stereocenters. The Balaban J connectivity index is 2.20. The smallest absolute Gasteiger partial charge is 0.0428 e. The highest BCUT2D eigenvalue weighted by Crippen LogP contribution is 2.60. The molecule has 1 aliphatic rings. The van der Waals surface area contributed by atoms with Gasteiger partial charge in [-0.05, 0) is 48.3 Å². The summed E-state index contributed by atoms with van der Waals surface area (Å²) in [5, 5.41) is 0. The zero-order valence-electron chi connectivity index (χ0n) is 9.97. The molecule has 0 aromatic heterocycles. The Morgan fingerprint density at radius 3 is 2.33 bits per heavy atom. The summed E-state index contributed by atoms with van der Waals surface area (Å²) in [4.78, 5) is 0.534. The van der Waals surface area contributed by atoms with Gasteiger partial charge in [0.15, 0.2) is 0 Å². The van der Waals surface area contributed by atoms with Gasteiger partial charge in [-0.3, -0.25) is 0 Å². The molecule has 1 saturated carbocycles. The van der Waals surface area contributed by atoms with Crippen LogP contribution >= 0.6 is 15.9 Å². The lowest BCUT2D eigenvalue weighted by atomic mass is 9.99. The first-order chi connectivity index (χ1) is 6.92. The Hall–Kier alpha value is -0.300. The summed E-state index contributed by atoms with van der Waals surface area (Å²) in [6.07, 6.45) is 1.34. The summed E-state index contributed by atoms with van der Waals surface area (Å²) in [5.74, 6) is 0.805. The van der Waals surface area contributed by atoms with Crippen molar-refractivity contribution in [2.45, 2.75) is 38.9 Å². The van der Waals surface area contributed by atoms with Crippen LogP contribution < -0.4 is 0 Å². The molecule has 1 fully saturated rings. The summed E-state index contributed by atoms with van der Waals surface area (Å²) in [5.41, 5.74) is 4.75. The van der Waals surface area contributed by atoms with E-state index in [1.807, 2.05) is 0 Å². The summed E-state index contributed by atoms with van der Waals surface area (Å²) < 4.78 is 0. The van der Waals surface area contributed by atoms with Crippen LogP contribution in [0.3, 0.4) is 0 Å². The van der Waals surface area contributed by atoms with E-state index >= 15 is 0 Å². The number of benzene rings is 1. The minimum absolute atomic E-state index is 0.534. The largest absolute Gasteiger partial charge is 0.0836 e. The summed E-state index contributed by atoms with van der Waals surface area (Å²) in [6.45, 7) is 9.07. The zero-order chi connectivity index (χ0) is 11.2. The van der Waals surface area contributed by atoms with E-state index < -0.39 is 0 Å². The van der Waals surface area contributed by atoms with E-state index in [0.29, 0.717) is 10.2 Å². The highest BCUT2D eigenvalue weighted by molar-refractivity contribution is 9.09. The van der Waals surface area contributed by atoms with E-state index in [9.17, 15) is 0 Å². The van der Waals surface area contributed by atoms with Gasteiger partial charge in [0.05, 0.1) is 0 Å². The number of halogens is 1. The fourth-order valence-corrected chi connectivity index (χ4v) is 3.36. The van der Waals surface area contributed by atoms with Crippen molar-refractivity contribution in [3.05, 3.63) is 34.9 Å². The predicted molar refractivity (Wildman–Crippen MR) is 69.5 cm³/mol. The molecule has 0 heterocycles. The third-order valence-electron chi connectivity index (χ3n) is 3.79. The highest BCUT2D eigenvalue weighted by atomic mass is 79.9. The van der Waals surface area contributed by atoms with Gasteiger partial charge in [-0.15, -0.1) is 0 Å². The van der Waals surface area contributed by atoms with Gasteiger partial charge in [0.1, 0.15) is 0 Å². The average molecular weight is 267 g/mol. The van der Waals surface area contributed by atoms with Crippen LogP contribution in [0.2, 0.25) is 0 Å². The summed E-state index contributed by atoms with van der Waals surface area (Å²) >= 11 is 3.85. The van der Waals surface area contributed by atoms with Gasteiger partial charge >= 0.3 is 0 Å². The van der Waals surface area contributed by atoms with E-state index in [1.165, 1.54) is 23.1 Å². The van der Waals surface area contributed by atoms with Gasteiger partial charge in [-0.2, -0.15) is 0 Å². The first-order valence-corrected chi connectivity index (χ1v) is 6.54. The van der Waals surface area contributed by atoms with Crippen molar-refractivity contribution in [3.8, 4) is 0 Å². The van der Waals surface area contributed by atoms with Gasteiger partial charge in [0, 0.05) is 4.83 Å². The molecule has 1 aromatic carbocycles. The quantitative estimate of drug-likeness (QED) is 0.676. The van der Waals surface area contributed by atoms with Crippen molar-refractivity contribution in [3.63, 3.8) is 0 Å². The molecule has 1 aliphatic carbocycles. The SMILES string of the molecule is Cc1ccc(C(Br)C2CC2(C)C)cc1C. The Morgan fingerprint density at radius 1 is 1.27 bits per heavy atom. The topological polar surface area (TPSA) is 0 Å². The number of rotatable bonds is 2. The maximum absolute atomic E-state index is 3.85. The minimum Gasteiger partial charge on any atom is -0.0836 e. The molecule has 0 spiro atoms. The average Bonchev–Trinajstić information content (AvgIpc) is 2.79. The van der Waals surface area contributed by atoms with Crippen molar-refractivity contribution in [2.75, 3.05) is 0 Å². The summed E-state index contributed by atoms with van der Waals surface area (Å²) in [6, 6.07) is 6.81. The van der Waals surface area contributed by atoms with Gasteiger partial charge in [0.2, 0.25) is 0 Å². The van der Waals surface area contributed by atoms with Crippen molar-refractivity contribution >= 4 is 15.9 Å². The molecule has 1 aromatic rings. The van der Waals surface area contributed by atoms with Crippen molar-refractivity contribution in [1.29, 1.82) is 0 Å². The van der Waals surface area contributed by atoms with E-state index in [4.69, 9.17) is 0 Å². The first kappa shape index (κ1) is 11.2. The molecule has 2 atom stereocenters. The molecule has 0 amide bonds. The predicted octanol–water partition coefficient (Wildman–Crippen LogP) is 4.79. The molecule has 82 valence electrons. The van der Waals surface area contributed by atoms with Gasteiger partial charge < -0.3 is 0 Å². The second kappa shape index (κ2) is 3.62. The third-order valence-corrected chi connectivity index (χ3v) is 4.96. The summed E-state index contributed by atoms with van der Waals surface area (Å²) in [7, 11) is 0. The Kier molecular flexibility index (Phi) is 2.70. The number of hydrogen-bond donors (Lipinski definition) is 0. The van der Waals surface area contributed by atoms with Crippen molar-refractivity contribution < 1.29 is 0 Å².